The van der Waals surface area contributed by atoms with Gasteiger partial charge < -0.3 is 14.3 Å². The first-order valence-corrected chi connectivity index (χ1v) is 9.26. The SMILES string of the molecule is COc1ccc(CS(=O)(=O)C2=NOC(C)(CCl)C2)c(Cl)c1OC. The molecule has 23 heavy (non-hydrogen) atoms. The molecule has 1 aliphatic heterocycles. The maximum absolute atomic E-state index is 12.5. The Hall–Kier alpha value is -1.18. The van der Waals surface area contributed by atoms with E-state index in [1.54, 1.807) is 19.1 Å². The van der Waals surface area contributed by atoms with Gasteiger partial charge in [-0.15, -0.1) is 11.6 Å². The van der Waals surface area contributed by atoms with Crippen LogP contribution in [0, 0.1) is 0 Å². The van der Waals surface area contributed by atoms with E-state index >= 15 is 0 Å². The first-order valence-electron chi connectivity index (χ1n) is 6.69. The number of hydrogen-bond donors (Lipinski definition) is 0. The van der Waals surface area contributed by atoms with Gasteiger partial charge in [-0.05, 0) is 18.6 Å². The third-order valence-corrected chi connectivity index (χ3v) is 6.05. The van der Waals surface area contributed by atoms with E-state index in [4.69, 9.17) is 37.5 Å². The molecular formula is C14H17Cl2NO5S. The van der Waals surface area contributed by atoms with Crippen molar-refractivity contribution in [1.82, 2.24) is 0 Å². The molecule has 1 aromatic rings. The van der Waals surface area contributed by atoms with Crippen LogP contribution in [0.15, 0.2) is 17.3 Å². The number of rotatable bonds is 5. The highest BCUT2D eigenvalue weighted by atomic mass is 35.5. The van der Waals surface area contributed by atoms with E-state index in [2.05, 4.69) is 5.16 Å². The Morgan fingerprint density at radius 1 is 1.35 bits per heavy atom. The van der Waals surface area contributed by atoms with Gasteiger partial charge in [0, 0.05) is 6.42 Å². The van der Waals surface area contributed by atoms with Crippen LogP contribution in [0.5, 0.6) is 11.5 Å². The molecule has 0 saturated heterocycles. The second-order valence-corrected chi connectivity index (χ2v) is 8.00. The van der Waals surface area contributed by atoms with Crippen LogP contribution in [0.4, 0.5) is 0 Å². The van der Waals surface area contributed by atoms with Gasteiger partial charge in [0.15, 0.2) is 32.0 Å². The number of methoxy groups -OCH3 is 2. The number of halogens is 2. The van der Waals surface area contributed by atoms with Crippen molar-refractivity contribution in [3.05, 3.63) is 22.7 Å². The van der Waals surface area contributed by atoms with E-state index in [0.717, 1.165) is 0 Å². The molecule has 0 aliphatic carbocycles. The lowest BCUT2D eigenvalue weighted by Crippen LogP contribution is -2.28. The molecule has 1 atom stereocenters. The zero-order valence-corrected chi connectivity index (χ0v) is 15.3. The van der Waals surface area contributed by atoms with Gasteiger partial charge in [0.25, 0.3) is 0 Å². The molecule has 1 aliphatic rings. The molecule has 0 saturated carbocycles. The fraction of sp³-hybridized carbons (Fsp3) is 0.500. The minimum atomic E-state index is -3.68. The summed E-state index contributed by atoms with van der Waals surface area (Å²) >= 11 is 12.0. The fourth-order valence-corrected chi connectivity index (χ4v) is 4.13. The molecule has 1 unspecified atom stereocenters. The molecule has 0 spiro atoms. The van der Waals surface area contributed by atoms with E-state index < -0.39 is 15.4 Å². The second kappa shape index (κ2) is 6.75. The molecule has 0 bridgehead atoms. The first-order chi connectivity index (χ1) is 10.8. The third-order valence-electron chi connectivity index (χ3n) is 3.45. The summed E-state index contributed by atoms with van der Waals surface area (Å²) in [6.07, 6.45) is 0.129. The molecule has 9 heteroatoms. The Labute approximate surface area is 145 Å². The highest BCUT2D eigenvalue weighted by molar-refractivity contribution is 8.05. The molecule has 6 nitrogen and oxygen atoms in total. The van der Waals surface area contributed by atoms with E-state index in [1.807, 2.05) is 0 Å². The van der Waals surface area contributed by atoms with Crippen LogP contribution in [-0.2, 0) is 20.4 Å². The number of ether oxygens (including phenoxy) is 2. The zero-order chi connectivity index (χ0) is 17.3. The predicted molar refractivity (Wildman–Crippen MR) is 89.4 cm³/mol. The summed E-state index contributed by atoms with van der Waals surface area (Å²) in [7, 11) is -0.768. The van der Waals surface area contributed by atoms with Crippen LogP contribution in [-0.4, -0.2) is 39.2 Å². The molecule has 0 N–H and O–H groups in total. The molecule has 1 aromatic carbocycles. The van der Waals surface area contributed by atoms with Crippen LogP contribution < -0.4 is 9.47 Å². The summed E-state index contributed by atoms with van der Waals surface area (Å²) < 4.78 is 35.4. The molecule has 0 fully saturated rings. The van der Waals surface area contributed by atoms with Crippen molar-refractivity contribution in [2.75, 3.05) is 20.1 Å². The summed E-state index contributed by atoms with van der Waals surface area (Å²) in [4.78, 5) is 5.14. The van der Waals surface area contributed by atoms with E-state index in [-0.39, 0.29) is 33.9 Å². The van der Waals surface area contributed by atoms with Crippen LogP contribution >= 0.6 is 23.2 Å². The van der Waals surface area contributed by atoms with Crippen molar-refractivity contribution in [1.29, 1.82) is 0 Å². The third kappa shape index (κ3) is 3.67. The highest BCUT2D eigenvalue weighted by Crippen LogP contribution is 2.38. The van der Waals surface area contributed by atoms with Crippen molar-refractivity contribution < 1.29 is 22.7 Å². The number of hydrogen-bond acceptors (Lipinski definition) is 6. The minimum absolute atomic E-state index is 0.0356. The van der Waals surface area contributed by atoms with E-state index in [0.29, 0.717) is 11.3 Å². The lowest BCUT2D eigenvalue weighted by molar-refractivity contribution is 0.0152. The highest BCUT2D eigenvalue weighted by Gasteiger charge is 2.39. The van der Waals surface area contributed by atoms with Gasteiger partial charge in [0.2, 0.25) is 0 Å². The Kier molecular flexibility index (Phi) is 5.33. The summed E-state index contributed by atoms with van der Waals surface area (Å²) in [5, 5.41) is 3.83. The van der Waals surface area contributed by atoms with Gasteiger partial charge in [0.1, 0.15) is 0 Å². The van der Waals surface area contributed by atoms with Crippen molar-refractivity contribution >= 4 is 38.1 Å². The van der Waals surface area contributed by atoms with Gasteiger partial charge >= 0.3 is 0 Å². The molecule has 2 rings (SSSR count). The van der Waals surface area contributed by atoms with Gasteiger partial charge in [-0.1, -0.05) is 22.8 Å². The lowest BCUT2D eigenvalue weighted by atomic mass is 10.1. The van der Waals surface area contributed by atoms with Crippen molar-refractivity contribution in [3.63, 3.8) is 0 Å². The standard InChI is InChI=1S/C14H17Cl2NO5S/c1-14(8-15)6-11(17-22-14)23(18,19)7-9-4-5-10(20-2)13(21-3)12(9)16/h4-5H,6-8H2,1-3H3. The smallest absolute Gasteiger partial charge is 0.199 e. The minimum Gasteiger partial charge on any atom is -0.493 e. The van der Waals surface area contributed by atoms with Crippen LogP contribution in [0.25, 0.3) is 0 Å². The van der Waals surface area contributed by atoms with E-state index in [1.165, 1.54) is 14.2 Å². The maximum atomic E-state index is 12.5. The topological polar surface area (TPSA) is 74.2 Å². The molecular weight excluding hydrogens is 365 g/mol. The average Bonchev–Trinajstić information content (AvgIpc) is 2.93. The fourth-order valence-electron chi connectivity index (χ4n) is 2.11. The molecule has 1 heterocycles. The van der Waals surface area contributed by atoms with Gasteiger partial charge in [-0.25, -0.2) is 8.42 Å². The average molecular weight is 382 g/mol. The lowest BCUT2D eigenvalue weighted by Gasteiger charge is -2.16. The summed E-state index contributed by atoms with van der Waals surface area (Å²) in [6, 6.07) is 3.18. The van der Waals surface area contributed by atoms with Gasteiger partial charge in [-0.3, -0.25) is 0 Å². The molecule has 0 radical (unpaired) electrons. The Bertz CT molecular complexity index is 735. The Morgan fingerprint density at radius 2 is 2.04 bits per heavy atom. The summed E-state index contributed by atoms with van der Waals surface area (Å²) in [5.74, 6) is 0.548. The molecule has 128 valence electrons. The summed E-state index contributed by atoms with van der Waals surface area (Å²) in [6.45, 7) is 1.70. The van der Waals surface area contributed by atoms with Crippen LogP contribution in [0.2, 0.25) is 5.02 Å². The monoisotopic (exact) mass is 381 g/mol. The number of nitrogens with zero attached hydrogens (tertiary/aromatic N) is 1. The normalized spacial score (nSPS) is 20.8. The summed E-state index contributed by atoms with van der Waals surface area (Å²) in [5.41, 5.74) is -0.405. The first kappa shape index (κ1) is 18.2. The van der Waals surface area contributed by atoms with Crippen molar-refractivity contribution in [2.24, 2.45) is 5.16 Å². The number of sulfone groups is 1. The predicted octanol–water partition coefficient (Wildman–Crippen LogP) is 3.00. The Morgan fingerprint density at radius 3 is 2.57 bits per heavy atom. The van der Waals surface area contributed by atoms with Crippen molar-refractivity contribution in [2.45, 2.75) is 24.7 Å². The van der Waals surface area contributed by atoms with Crippen molar-refractivity contribution in [3.8, 4) is 11.5 Å². The second-order valence-electron chi connectivity index (χ2n) is 5.37. The van der Waals surface area contributed by atoms with Crippen LogP contribution in [0.3, 0.4) is 0 Å². The molecule has 0 aromatic heterocycles. The maximum Gasteiger partial charge on any atom is 0.199 e. The van der Waals surface area contributed by atoms with Gasteiger partial charge in [-0.2, -0.15) is 0 Å². The largest absolute Gasteiger partial charge is 0.493 e. The molecule has 0 amide bonds. The number of oxime groups is 1. The Balaban J connectivity index is 2.29. The zero-order valence-electron chi connectivity index (χ0n) is 12.9. The van der Waals surface area contributed by atoms with Crippen LogP contribution in [0.1, 0.15) is 18.9 Å². The number of alkyl halides is 1. The van der Waals surface area contributed by atoms with E-state index in [9.17, 15) is 8.42 Å². The quantitative estimate of drug-likeness (QED) is 0.732. The van der Waals surface area contributed by atoms with Gasteiger partial charge in [0.05, 0.1) is 30.9 Å². The number of benzene rings is 1.